The molecule has 4 aromatic rings. The number of fused-ring (bicyclic) bond motifs is 1. The lowest BCUT2D eigenvalue weighted by Gasteiger charge is -2.19. The summed E-state index contributed by atoms with van der Waals surface area (Å²) in [5, 5.41) is 9.52. The van der Waals surface area contributed by atoms with Gasteiger partial charge in [-0.15, -0.1) is 0 Å². The molecule has 7 heteroatoms. The third kappa shape index (κ3) is 3.87. The lowest BCUT2D eigenvalue weighted by Crippen LogP contribution is -2.14. The van der Waals surface area contributed by atoms with Crippen LogP contribution in [0.4, 0.5) is 5.82 Å². The lowest BCUT2D eigenvalue weighted by atomic mass is 10.0. The maximum absolute atomic E-state index is 11.6. The molecule has 0 spiro atoms. The topological polar surface area (TPSA) is 87.7 Å². The third-order valence-corrected chi connectivity index (χ3v) is 4.45. The fraction of sp³-hybridized carbons (Fsp3) is 0.200. The van der Waals surface area contributed by atoms with Crippen molar-refractivity contribution in [2.75, 3.05) is 11.9 Å². The van der Waals surface area contributed by atoms with Gasteiger partial charge in [0, 0.05) is 25.7 Å². The molecule has 7 nitrogen and oxygen atoms in total. The molecule has 2 aromatic carbocycles. The van der Waals surface area contributed by atoms with E-state index in [0.29, 0.717) is 12.0 Å². The van der Waals surface area contributed by atoms with Crippen LogP contribution in [0.25, 0.3) is 10.9 Å². The minimum atomic E-state index is -0.125. The van der Waals surface area contributed by atoms with Gasteiger partial charge < -0.3 is 14.6 Å². The van der Waals surface area contributed by atoms with E-state index in [0.717, 1.165) is 23.5 Å². The van der Waals surface area contributed by atoms with Crippen LogP contribution in [0.15, 0.2) is 65.8 Å². The molecule has 0 radical (unpaired) electrons. The van der Waals surface area contributed by atoms with Crippen molar-refractivity contribution < 1.29 is 4.74 Å². The minimum Gasteiger partial charge on any atom is -0.493 e. The number of aromatic nitrogens is 4. The molecular formula is C20H21N5O2. The first-order valence-electron chi connectivity index (χ1n) is 8.82. The fourth-order valence-electron chi connectivity index (χ4n) is 3.07. The molecule has 2 aromatic heterocycles. The number of hydrogen-bond acceptors (Lipinski definition) is 4. The normalized spacial score (nSPS) is 12.2. The number of aromatic amines is 2. The molecule has 0 saturated heterocycles. The van der Waals surface area contributed by atoms with Crippen LogP contribution in [0.2, 0.25) is 0 Å². The van der Waals surface area contributed by atoms with E-state index in [4.69, 9.17) is 4.74 Å². The highest BCUT2D eigenvalue weighted by atomic mass is 16.5. The van der Waals surface area contributed by atoms with E-state index in [-0.39, 0.29) is 11.6 Å². The molecular weight excluding hydrogens is 342 g/mol. The first-order valence-corrected chi connectivity index (χ1v) is 8.82. The van der Waals surface area contributed by atoms with Crippen LogP contribution in [0.1, 0.15) is 18.0 Å². The SMILES string of the molecule is Cn1cnc(NC(CCOc2ccc3c(=O)[nH][nH]c3c2)c2ccccc2)c1. The Hall–Kier alpha value is -3.48. The Morgan fingerprint density at radius 2 is 2.04 bits per heavy atom. The van der Waals surface area contributed by atoms with Gasteiger partial charge in [-0.1, -0.05) is 30.3 Å². The van der Waals surface area contributed by atoms with Crippen LogP contribution in [-0.2, 0) is 7.05 Å². The highest BCUT2D eigenvalue weighted by Gasteiger charge is 2.13. The van der Waals surface area contributed by atoms with Crippen molar-refractivity contribution in [3.05, 3.63) is 77.0 Å². The quantitative estimate of drug-likeness (QED) is 0.470. The van der Waals surface area contributed by atoms with Crippen molar-refractivity contribution in [2.45, 2.75) is 12.5 Å². The standard InChI is InChI=1S/C20H21N5O2/c1-25-12-19(21-13-25)22-17(14-5-3-2-4-6-14)9-10-27-15-7-8-16-18(11-15)23-24-20(16)26/h2-8,11-13,17,22H,9-10H2,1H3,(H2,23,24,26). The monoisotopic (exact) mass is 363 g/mol. The molecule has 0 amide bonds. The Labute approximate surface area is 156 Å². The second-order valence-corrected chi connectivity index (χ2v) is 6.46. The predicted octanol–water partition coefficient (Wildman–Crippen LogP) is 3.21. The molecule has 0 fully saturated rings. The van der Waals surface area contributed by atoms with Crippen LogP contribution in [-0.4, -0.2) is 26.4 Å². The number of aryl methyl sites for hydroxylation is 1. The number of rotatable bonds is 7. The van der Waals surface area contributed by atoms with Crippen molar-refractivity contribution in [3.8, 4) is 5.75 Å². The number of nitrogens with zero attached hydrogens (tertiary/aromatic N) is 2. The maximum atomic E-state index is 11.6. The number of nitrogens with one attached hydrogen (secondary N) is 3. The molecule has 0 saturated carbocycles. The zero-order chi connectivity index (χ0) is 18.6. The average molecular weight is 363 g/mol. The summed E-state index contributed by atoms with van der Waals surface area (Å²) < 4.78 is 7.83. The third-order valence-electron chi connectivity index (χ3n) is 4.45. The van der Waals surface area contributed by atoms with Gasteiger partial charge in [0.25, 0.3) is 5.56 Å². The van der Waals surface area contributed by atoms with Crippen LogP contribution in [0.3, 0.4) is 0 Å². The maximum Gasteiger partial charge on any atom is 0.271 e. The van der Waals surface area contributed by atoms with E-state index in [2.05, 4.69) is 32.6 Å². The van der Waals surface area contributed by atoms with Crippen LogP contribution in [0, 0.1) is 0 Å². The zero-order valence-electron chi connectivity index (χ0n) is 15.0. The highest BCUT2D eigenvalue weighted by molar-refractivity contribution is 5.79. The van der Waals surface area contributed by atoms with Gasteiger partial charge in [-0.3, -0.25) is 15.0 Å². The first-order chi connectivity index (χ1) is 13.2. The van der Waals surface area contributed by atoms with Gasteiger partial charge >= 0.3 is 0 Å². The van der Waals surface area contributed by atoms with E-state index in [1.165, 1.54) is 5.56 Å². The molecule has 27 heavy (non-hydrogen) atoms. The second kappa shape index (κ2) is 7.41. The number of benzene rings is 2. The molecule has 138 valence electrons. The summed E-state index contributed by atoms with van der Waals surface area (Å²) in [5.74, 6) is 1.56. The van der Waals surface area contributed by atoms with Crippen molar-refractivity contribution in [1.29, 1.82) is 0 Å². The van der Waals surface area contributed by atoms with Crippen molar-refractivity contribution in [2.24, 2.45) is 7.05 Å². The zero-order valence-corrected chi connectivity index (χ0v) is 15.0. The molecule has 0 aliphatic heterocycles. The fourth-order valence-corrected chi connectivity index (χ4v) is 3.07. The van der Waals surface area contributed by atoms with Crippen molar-refractivity contribution >= 4 is 16.7 Å². The molecule has 3 N–H and O–H groups in total. The van der Waals surface area contributed by atoms with E-state index in [9.17, 15) is 4.79 Å². The number of imidazole rings is 1. The Morgan fingerprint density at radius 1 is 1.19 bits per heavy atom. The van der Waals surface area contributed by atoms with E-state index >= 15 is 0 Å². The van der Waals surface area contributed by atoms with E-state index in [1.54, 1.807) is 12.4 Å². The number of hydrogen-bond donors (Lipinski definition) is 3. The molecule has 1 unspecified atom stereocenters. The summed E-state index contributed by atoms with van der Waals surface area (Å²) in [6.07, 6.45) is 4.49. The molecule has 0 bridgehead atoms. The second-order valence-electron chi connectivity index (χ2n) is 6.46. The summed E-state index contributed by atoms with van der Waals surface area (Å²) >= 11 is 0. The predicted molar refractivity (Wildman–Crippen MR) is 105 cm³/mol. The van der Waals surface area contributed by atoms with E-state index in [1.807, 2.05) is 48.1 Å². The largest absolute Gasteiger partial charge is 0.493 e. The summed E-state index contributed by atoms with van der Waals surface area (Å²) in [5.41, 5.74) is 1.79. The van der Waals surface area contributed by atoms with E-state index < -0.39 is 0 Å². The van der Waals surface area contributed by atoms with Gasteiger partial charge in [-0.05, 0) is 17.7 Å². The molecule has 0 aliphatic rings. The minimum absolute atomic E-state index is 0.0805. The molecule has 0 aliphatic carbocycles. The van der Waals surface area contributed by atoms with Crippen LogP contribution in [0.5, 0.6) is 5.75 Å². The van der Waals surface area contributed by atoms with Crippen LogP contribution < -0.4 is 15.6 Å². The Bertz CT molecular complexity index is 1080. The summed E-state index contributed by atoms with van der Waals surface area (Å²) in [7, 11) is 1.94. The summed E-state index contributed by atoms with van der Waals surface area (Å²) in [4.78, 5) is 15.9. The van der Waals surface area contributed by atoms with Gasteiger partial charge in [0.15, 0.2) is 0 Å². The van der Waals surface area contributed by atoms with Gasteiger partial charge in [0.05, 0.1) is 29.9 Å². The van der Waals surface area contributed by atoms with Crippen LogP contribution >= 0.6 is 0 Å². The Morgan fingerprint density at radius 3 is 2.81 bits per heavy atom. The van der Waals surface area contributed by atoms with Gasteiger partial charge in [0.2, 0.25) is 0 Å². The Kier molecular flexibility index (Phi) is 4.65. The summed E-state index contributed by atoms with van der Waals surface area (Å²) in [6, 6.07) is 15.7. The highest BCUT2D eigenvalue weighted by Crippen LogP contribution is 2.23. The smallest absolute Gasteiger partial charge is 0.271 e. The number of H-pyrrole nitrogens is 2. The average Bonchev–Trinajstić information content (AvgIpc) is 3.27. The molecule has 1 atom stereocenters. The van der Waals surface area contributed by atoms with Gasteiger partial charge in [-0.2, -0.15) is 0 Å². The van der Waals surface area contributed by atoms with Gasteiger partial charge in [0.1, 0.15) is 11.6 Å². The van der Waals surface area contributed by atoms with Crippen molar-refractivity contribution in [1.82, 2.24) is 19.7 Å². The number of anilines is 1. The first kappa shape index (κ1) is 17.0. The van der Waals surface area contributed by atoms with Crippen molar-refractivity contribution in [3.63, 3.8) is 0 Å². The molecule has 4 rings (SSSR count). The Balaban J connectivity index is 1.45. The number of ether oxygens (including phenoxy) is 1. The van der Waals surface area contributed by atoms with Gasteiger partial charge in [-0.25, -0.2) is 4.98 Å². The lowest BCUT2D eigenvalue weighted by molar-refractivity contribution is 0.302. The molecule has 2 heterocycles. The summed E-state index contributed by atoms with van der Waals surface area (Å²) in [6.45, 7) is 0.527.